The van der Waals surface area contributed by atoms with Crippen molar-refractivity contribution in [3.8, 4) is 0 Å². The minimum Gasteiger partial charge on any atom is -0.313 e. The third-order valence-corrected chi connectivity index (χ3v) is 4.55. The van der Waals surface area contributed by atoms with Gasteiger partial charge in [0.2, 0.25) is 0 Å². The van der Waals surface area contributed by atoms with Crippen molar-refractivity contribution < 1.29 is 0 Å². The molecule has 2 aromatic carbocycles. The molecule has 1 atom stereocenters. The largest absolute Gasteiger partial charge is 0.313 e. The van der Waals surface area contributed by atoms with Crippen molar-refractivity contribution in [2.24, 2.45) is 0 Å². The van der Waals surface area contributed by atoms with E-state index in [9.17, 15) is 0 Å². The molecule has 0 saturated carbocycles. The molecule has 3 heteroatoms. The highest BCUT2D eigenvalue weighted by molar-refractivity contribution is 6.36. The second-order valence-corrected chi connectivity index (χ2v) is 5.85. The van der Waals surface area contributed by atoms with E-state index in [-0.39, 0.29) is 6.04 Å². The second kappa shape index (κ2) is 6.62. The van der Waals surface area contributed by atoms with E-state index in [0.29, 0.717) is 0 Å². The van der Waals surface area contributed by atoms with Gasteiger partial charge in [-0.05, 0) is 61.7 Å². The Hall–Kier alpha value is -1.02. The van der Waals surface area contributed by atoms with E-state index in [2.05, 4.69) is 37.4 Å². The van der Waals surface area contributed by atoms with Gasteiger partial charge in [0.25, 0.3) is 0 Å². The van der Waals surface area contributed by atoms with Gasteiger partial charge in [-0.15, -0.1) is 0 Å². The number of nitrogens with one attached hydrogen (secondary N) is 1. The number of halogens is 2. The second-order valence-electron chi connectivity index (χ2n) is 5.03. The predicted molar refractivity (Wildman–Crippen MR) is 87.9 cm³/mol. The average molecular weight is 308 g/mol. The fraction of sp³-hybridized carbons (Fsp3) is 0.294. The molecule has 0 amide bonds. The zero-order valence-electron chi connectivity index (χ0n) is 12.0. The first kappa shape index (κ1) is 15.4. The van der Waals surface area contributed by atoms with Gasteiger partial charge < -0.3 is 5.32 Å². The van der Waals surface area contributed by atoms with Gasteiger partial charge in [0.05, 0.1) is 0 Å². The molecule has 20 heavy (non-hydrogen) atoms. The summed E-state index contributed by atoms with van der Waals surface area (Å²) < 4.78 is 0. The molecule has 0 bridgehead atoms. The summed E-state index contributed by atoms with van der Waals surface area (Å²) in [5, 5.41) is 4.82. The van der Waals surface area contributed by atoms with Crippen LogP contribution in [-0.2, 0) is 6.42 Å². The van der Waals surface area contributed by atoms with Gasteiger partial charge in [0, 0.05) is 16.1 Å². The van der Waals surface area contributed by atoms with Crippen molar-refractivity contribution in [3.05, 3.63) is 68.7 Å². The van der Waals surface area contributed by atoms with Gasteiger partial charge in [0.15, 0.2) is 0 Å². The molecule has 0 saturated heterocycles. The lowest BCUT2D eigenvalue weighted by molar-refractivity contribution is 0.588. The number of hydrogen-bond donors (Lipinski definition) is 1. The van der Waals surface area contributed by atoms with Crippen LogP contribution in [0.3, 0.4) is 0 Å². The third-order valence-electron chi connectivity index (χ3n) is 3.84. The summed E-state index contributed by atoms with van der Waals surface area (Å²) in [7, 11) is 1.97. The van der Waals surface area contributed by atoms with Crippen LogP contribution in [0.4, 0.5) is 0 Å². The molecule has 0 heterocycles. The van der Waals surface area contributed by atoms with Crippen molar-refractivity contribution in [3.63, 3.8) is 0 Å². The number of likely N-dealkylation sites (N-methyl/N-ethyl adjacent to an activating group) is 1. The van der Waals surface area contributed by atoms with Crippen LogP contribution in [0.2, 0.25) is 10.0 Å². The smallest absolute Gasteiger partial charge is 0.0453 e. The Bertz CT molecular complexity index is 588. The van der Waals surface area contributed by atoms with Crippen LogP contribution in [0, 0.1) is 13.8 Å². The van der Waals surface area contributed by atoms with Gasteiger partial charge in [-0.25, -0.2) is 0 Å². The van der Waals surface area contributed by atoms with E-state index in [1.807, 2.05) is 25.2 Å². The van der Waals surface area contributed by atoms with Crippen LogP contribution in [0.25, 0.3) is 0 Å². The third kappa shape index (κ3) is 3.17. The Morgan fingerprint density at radius 3 is 2.20 bits per heavy atom. The molecule has 0 aromatic heterocycles. The minimum atomic E-state index is 0.201. The normalized spacial score (nSPS) is 12.4. The summed E-state index contributed by atoms with van der Waals surface area (Å²) in [6, 6.07) is 12.2. The van der Waals surface area contributed by atoms with Crippen LogP contribution < -0.4 is 5.32 Å². The molecule has 0 radical (unpaired) electrons. The Kier molecular flexibility index (Phi) is 5.09. The molecule has 2 aromatic rings. The first-order chi connectivity index (χ1) is 9.54. The SMILES string of the molecule is CNC(Cc1c(Cl)cccc1Cl)c1cccc(C)c1C. The van der Waals surface area contributed by atoms with Crippen LogP contribution in [0.15, 0.2) is 36.4 Å². The van der Waals surface area contributed by atoms with Crippen LogP contribution in [-0.4, -0.2) is 7.05 Å². The lowest BCUT2D eigenvalue weighted by Gasteiger charge is -2.21. The zero-order valence-corrected chi connectivity index (χ0v) is 13.5. The molecule has 1 unspecified atom stereocenters. The maximum Gasteiger partial charge on any atom is 0.0453 e. The first-order valence-corrected chi connectivity index (χ1v) is 7.46. The topological polar surface area (TPSA) is 12.0 Å². The summed E-state index contributed by atoms with van der Waals surface area (Å²) >= 11 is 12.6. The van der Waals surface area contributed by atoms with E-state index < -0.39 is 0 Å². The van der Waals surface area contributed by atoms with Crippen molar-refractivity contribution >= 4 is 23.2 Å². The number of benzene rings is 2. The lowest BCUT2D eigenvalue weighted by Crippen LogP contribution is -2.20. The van der Waals surface area contributed by atoms with Crippen LogP contribution >= 0.6 is 23.2 Å². The highest BCUT2D eigenvalue weighted by Crippen LogP contribution is 2.30. The van der Waals surface area contributed by atoms with Crippen molar-refractivity contribution in [1.29, 1.82) is 0 Å². The standard InChI is InChI=1S/C17H19Cl2N/c1-11-6-4-7-13(12(11)2)17(20-3)10-14-15(18)8-5-9-16(14)19/h4-9,17,20H,10H2,1-3H3. The quantitative estimate of drug-likeness (QED) is 0.827. The molecule has 0 spiro atoms. The Labute approximate surface area is 130 Å². The van der Waals surface area contributed by atoms with E-state index in [1.165, 1.54) is 16.7 Å². The summed E-state index contributed by atoms with van der Waals surface area (Å²) in [5.74, 6) is 0. The Balaban J connectivity index is 2.37. The Morgan fingerprint density at radius 1 is 1.00 bits per heavy atom. The summed E-state index contributed by atoms with van der Waals surface area (Å²) in [6.07, 6.45) is 0.777. The number of aryl methyl sites for hydroxylation is 1. The highest BCUT2D eigenvalue weighted by Gasteiger charge is 2.16. The predicted octanol–water partition coefficient (Wildman–Crippen LogP) is 5.11. The van der Waals surface area contributed by atoms with Gasteiger partial charge >= 0.3 is 0 Å². The lowest BCUT2D eigenvalue weighted by atomic mass is 9.93. The van der Waals surface area contributed by atoms with E-state index in [4.69, 9.17) is 23.2 Å². The molecule has 0 aliphatic rings. The molecule has 1 nitrogen and oxygen atoms in total. The molecule has 0 aliphatic heterocycles. The maximum absolute atomic E-state index is 6.28. The molecule has 0 aliphatic carbocycles. The molecule has 1 N–H and O–H groups in total. The van der Waals surface area contributed by atoms with Crippen molar-refractivity contribution in [2.45, 2.75) is 26.3 Å². The van der Waals surface area contributed by atoms with Gasteiger partial charge in [-0.2, -0.15) is 0 Å². The number of hydrogen-bond acceptors (Lipinski definition) is 1. The summed E-state index contributed by atoms with van der Waals surface area (Å²) in [6.45, 7) is 4.29. The first-order valence-electron chi connectivity index (χ1n) is 6.71. The van der Waals surface area contributed by atoms with Crippen LogP contribution in [0.1, 0.15) is 28.3 Å². The maximum atomic E-state index is 6.28. The van der Waals surface area contributed by atoms with E-state index in [1.54, 1.807) is 0 Å². The van der Waals surface area contributed by atoms with Gasteiger partial charge in [0.1, 0.15) is 0 Å². The van der Waals surface area contributed by atoms with Gasteiger partial charge in [-0.3, -0.25) is 0 Å². The van der Waals surface area contributed by atoms with Crippen molar-refractivity contribution in [1.82, 2.24) is 5.32 Å². The van der Waals surface area contributed by atoms with Gasteiger partial charge in [-0.1, -0.05) is 47.5 Å². The fourth-order valence-electron chi connectivity index (χ4n) is 2.45. The molecular formula is C17H19Cl2N. The minimum absolute atomic E-state index is 0.201. The average Bonchev–Trinajstić information content (AvgIpc) is 2.42. The Morgan fingerprint density at radius 2 is 1.60 bits per heavy atom. The molecule has 2 rings (SSSR count). The monoisotopic (exact) mass is 307 g/mol. The molecule has 106 valence electrons. The van der Waals surface area contributed by atoms with E-state index in [0.717, 1.165) is 22.0 Å². The zero-order chi connectivity index (χ0) is 14.7. The van der Waals surface area contributed by atoms with Crippen molar-refractivity contribution in [2.75, 3.05) is 7.05 Å². The molecule has 0 fully saturated rings. The summed E-state index contributed by atoms with van der Waals surface area (Å²) in [4.78, 5) is 0. The van der Waals surface area contributed by atoms with E-state index >= 15 is 0 Å². The van der Waals surface area contributed by atoms with Crippen LogP contribution in [0.5, 0.6) is 0 Å². The fourth-order valence-corrected chi connectivity index (χ4v) is 3.00. The highest BCUT2D eigenvalue weighted by atomic mass is 35.5. The molecular weight excluding hydrogens is 289 g/mol. The summed E-state index contributed by atoms with van der Waals surface area (Å²) in [5.41, 5.74) is 4.91. The number of rotatable bonds is 4.